The lowest BCUT2D eigenvalue weighted by Gasteiger charge is -2.25. The highest BCUT2D eigenvalue weighted by atomic mass is 35.5. The van der Waals surface area contributed by atoms with Crippen LogP contribution in [0.5, 0.6) is 0 Å². The van der Waals surface area contributed by atoms with Crippen LogP contribution in [0, 0.1) is 5.82 Å². The van der Waals surface area contributed by atoms with E-state index < -0.39 is 21.6 Å². The summed E-state index contributed by atoms with van der Waals surface area (Å²) in [6, 6.07) is 7.20. The van der Waals surface area contributed by atoms with Gasteiger partial charge < -0.3 is 10.2 Å². The minimum atomic E-state index is -2.98. The molecule has 2 heterocycles. The lowest BCUT2D eigenvalue weighted by molar-refractivity contribution is 0.102. The fourth-order valence-electron chi connectivity index (χ4n) is 2.85. The van der Waals surface area contributed by atoms with Gasteiger partial charge in [0.1, 0.15) is 11.6 Å². The number of nitrogens with zero attached hydrogens (tertiary/aromatic N) is 2. The summed E-state index contributed by atoms with van der Waals surface area (Å²) in [7, 11) is -1.17. The van der Waals surface area contributed by atoms with Gasteiger partial charge in [-0.2, -0.15) is 0 Å². The van der Waals surface area contributed by atoms with Crippen molar-refractivity contribution < 1.29 is 17.6 Å². The van der Waals surface area contributed by atoms with Crippen LogP contribution in [-0.2, 0) is 9.84 Å². The summed E-state index contributed by atoms with van der Waals surface area (Å²) in [6.45, 7) is 0. The number of aromatic nitrogens is 1. The number of sulfone groups is 1. The highest BCUT2D eigenvalue weighted by Crippen LogP contribution is 2.24. The van der Waals surface area contributed by atoms with Gasteiger partial charge >= 0.3 is 0 Å². The van der Waals surface area contributed by atoms with Crippen molar-refractivity contribution in [1.29, 1.82) is 0 Å². The van der Waals surface area contributed by atoms with Gasteiger partial charge in [0.2, 0.25) is 0 Å². The first-order valence-electron chi connectivity index (χ1n) is 7.91. The van der Waals surface area contributed by atoms with E-state index in [4.69, 9.17) is 11.6 Å². The van der Waals surface area contributed by atoms with E-state index in [0.717, 1.165) is 11.8 Å². The largest absolute Gasteiger partial charge is 0.369 e. The fourth-order valence-corrected chi connectivity index (χ4v) is 4.88. The van der Waals surface area contributed by atoms with Gasteiger partial charge in [0, 0.05) is 13.1 Å². The van der Waals surface area contributed by atoms with Crippen LogP contribution < -0.4 is 10.2 Å². The number of anilines is 2. The Kier molecular flexibility index (Phi) is 5.15. The third-order valence-electron chi connectivity index (χ3n) is 4.34. The van der Waals surface area contributed by atoms with E-state index in [1.807, 2.05) is 4.90 Å². The van der Waals surface area contributed by atoms with Gasteiger partial charge in [0.05, 0.1) is 34.0 Å². The Hall–Kier alpha value is -2.19. The third-order valence-corrected chi connectivity index (χ3v) is 6.41. The molecule has 9 heteroatoms. The second kappa shape index (κ2) is 7.20. The Morgan fingerprint density at radius 1 is 1.35 bits per heavy atom. The predicted molar refractivity (Wildman–Crippen MR) is 99.1 cm³/mol. The molecular weight excluding hydrogens is 381 g/mol. The molecule has 0 radical (unpaired) electrons. The monoisotopic (exact) mass is 397 g/mol. The van der Waals surface area contributed by atoms with Gasteiger partial charge in [-0.25, -0.2) is 17.8 Å². The number of nitrogens with one attached hydrogen (secondary N) is 1. The quantitative estimate of drug-likeness (QED) is 0.858. The molecule has 0 saturated carbocycles. The molecule has 1 aromatic heterocycles. The Morgan fingerprint density at radius 3 is 2.69 bits per heavy atom. The minimum absolute atomic E-state index is 0.0151. The van der Waals surface area contributed by atoms with Crippen molar-refractivity contribution in [3.05, 3.63) is 52.9 Å². The first-order chi connectivity index (χ1) is 12.3. The maximum absolute atomic E-state index is 13.8. The van der Waals surface area contributed by atoms with Crippen LogP contribution in [0.15, 0.2) is 36.5 Å². The lowest BCUT2D eigenvalue weighted by Crippen LogP contribution is -2.32. The van der Waals surface area contributed by atoms with Crippen LogP contribution in [0.4, 0.5) is 15.9 Å². The van der Waals surface area contributed by atoms with Gasteiger partial charge in [-0.05, 0) is 30.7 Å². The van der Waals surface area contributed by atoms with Gasteiger partial charge in [-0.1, -0.05) is 17.7 Å². The van der Waals surface area contributed by atoms with E-state index in [0.29, 0.717) is 6.42 Å². The van der Waals surface area contributed by atoms with Crippen LogP contribution in [0.25, 0.3) is 0 Å². The molecule has 0 spiro atoms. The number of halogens is 2. The van der Waals surface area contributed by atoms with Crippen molar-refractivity contribution in [3.63, 3.8) is 0 Å². The number of pyridine rings is 1. The fraction of sp³-hybridized carbons (Fsp3) is 0.294. The lowest BCUT2D eigenvalue weighted by atomic mass is 10.2. The predicted octanol–water partition coefficient (Wildman–Crippen LogP) is 2.75. The number of hydrogen-bond acceptors (Lipinski definition) is 5. The molecule has 3 rings (SSSR count). The van der Waals surface area contributed by atoms with Crippen LogP contribution in [0.1, 0.15) is 16.8 Å². The molecule has 1 aromatic carbocycles. The number of benzene rings is 1. The first-order valence-corrected chi connectivity index (χ1v) is 10.1. The van der Waals surface area contributed by atoms with Crippen molar-refractivity contribution in [2.24, 2.45) is 0 Å². The molecule has 1 aliphatic rings. The molecule has 6 nitrogen and oxygen atoms in total. The van der Waals surface area contributed by atoms with Crippen molar-refractivity contribution in [3.8, 4) is 0 Å². The minimum Gasteiger partial charge on any atom is -0.369 e. The van der Waals surface area contributed by atoms with Crippen molar-refractivity contribution in [1.82, 2.24) is 4.98 Å². The second-order valence-electron chi connectivity index (χ2n) is 6.12. The smallest absolute Gasteiger partial charge is 0.261 e. The summed E-state index contributed by atoms with van der Waals surface area (Å²) in [4.78, 5) is 18.2. The van der Waals surface area contributed by atoms with Gasteiger partial charge in [-0.15, -0.1) is 0 Å². The standard InChI is InChI=1S/C17H17ClFN3O3S/c1-22(12-7-8-26(24,25)10-12)11-5-6-15(20-9-11)21-17(23)16-13(18)3-2-4-14(16)19/h2-6,9,12H,7-8,10H2,1H3,(H,20,21,23). The second-order valence-corrected chi connectivity index (χ2v) is 8.76. The van der Waals surface area contributed by atoms with Crippen molar-refractivity contribution >= 4 is 38.9 Å². The van der Waals surface area contributed by atoms with E-state index in [1.54, 1.807) is 19.2 Å². The molecule has 1 fully saturated rings. The molecule has 0 bridgehead atoms. The van der Waals surface area contributed by atoms with Crippen LogP contribution in [-0.4, -0.2) is 43.9 Å². The summed E-state index contributed by atoms with van der Waals surface area (Å²) < 4.78 is 37.0. The zero-order valence-electron chi connectivity index (χ0n) is 13.9. The first kappa shape index (κ1) is 18.6. The SMILES string of the molecule is CN(c1ccc(NC(=O)c2c(F)cccc2Cl)nc1)C1CCS(=O)(=O)C1. The number of hydrogen-bond donors (Lipinski definition) is 1. The van der Waals surface area contributed by atoms with E-state index >= 15 is 0 Å². The van der Waals surface area contributed by atoms with E-state index in [2.05, 4.69) is 10.3 Å². The molecule has 1 unspecified atom stereocenters. The molecule has 26 heavy (non-hydrogen) atoms. The average Bonchev–Trinajstić information content (AvgIpc) is 2.95. The van der Waals surface area contributed by atoms with Gasteiger partial charge in [-0.3, -0.25) is 4.79 Å². The molecule has 138 valence electrons. The van der Waals surface area contributed by atoms with Crippen LogP contribution in [0.3, 0.4) is 0 Å². The molecule has 1 N–H and O–H groups in total. The van der Waals surface area contributed by atoms with Gasteiger partial charge in [0.15, 0.2) is 9.84 Å². The molecule has 1 amide bonds. The highest BCUT2D eigenvalue weighted by Gasteiger charge is 2.30. The molecular formula is C17H17ClFN3O3S. The molecule has 0 aliphatic carbocycles. The Morgan fingerprint density at radius 2 is 2.12 bits per heavy atom. The van der Waals surface area contributed by atoms with Crippen molar-refractivity contribution in [2.45, 2.75) is 12.5 Å². The number of carbonyl (C=O) groups is 1. The van der Waals surface area contributed by atoms with E-state index in [-0.39, 0.29) is 34.0 Å². The Bertz CT molecular complexity index is 915. The summed E-state index contributed by atoms with van der Waals surface area (Å²) in [5, 5.41) is 2.51. The number of amides is 1. The summed E-state index contributed by atoms with van der Waals surface area (Å²) in [6.07, 6.45) is 2.10. The van der Waals surface area contributed by atoms with Gasteiger partial charge in [0.25, 0.3) is 5.91 Å². The van der Waals surface area contributed by atoms with E-state index in [1.165, 1.54) is 18.3 Å². The summed E-state index contributed by atoms with van der Waals surface area (Å²) in [5.41, 5.74) is 0.488. The maximum atomic E-state index is 13.8. The summed E-state index contributed by atoms with van der Waals surface area (Å²) >= 11 is 5.88. The third kappa shape index (κ3) is 3.96. The van der Waals surface area contributed by atoms with E-state index in [9.17, 15) is 17.6 Å². The normalized spacial score (nSPS) is 18.5. The Labute approximate surface area is 155 Å². The molecule has 2 aromatic rings. The molecule has 1 aliphatic heterocycles. The topological polar surface area (TPSA) is 79.4 Å². The zero-order valence-corrected chi connectivity index (χ0v) is 15.5. The highest BCUT2D eigenvalue weighted by molar-refractivity contribution is 7.91. The Balaban J connectivity index is 1.71. The number of rotatable bonds is 4. The zero-order chi connectivity index (χ0) is 18.9. The van der Waals surface area contributed by atoms with Crippen molar-refractivity contribution in [2.75, 3.05) is 28.8 Å². The average molecular weight is 398 g/mol. The summed E-state index contributed by atoms with van der Waals surface area (Å²) in [5.74, 6) is -0.858. The molecule has 1 atom stereocenters. The number of carbonyl (C=O) groups excluding carboxylic acids is 1. The molecule has 1 saturated heterocycles. The van der Waals surface area contributed by atoms with Crippen LogP contribution >= 0.6 is 11.6 Å². The maximum Gasteiger partial charge on any atom is 0.261 e. The van der Waals surface area contributed by atoms with Crippen LogP contribution in [0.2, 0.25) is 5.02 Å².